The molecule has 6 heteroatoms. The van der Waals surface area contributed by atoms with E-state index in [9.17, 15) is 0 Å². The number of rotatable bonds is 4. The van der Waals surface area contributed by atoms with Crippen LogP contribution in [-0.2, 0) is 7.05 Å². The van der Waals surface area contributed by atoms with Crippen molar-refractivity contribution in [3.8, 4) is 0 Å². The number of piperidine rings is 1. The molecule has 0 bridgehead atoms. The molecule has 1 aromatic heterocycles. The van der Waals surface area contributed by atoms with Crippen LogP contribution in [0, 0.1) is 5.92 Å². The van der Waals surface area contributed by atoms with Crippen molar-refractivity contribution < 1.29 is 0 Å². The first-order chi connectivity index (χ1) is 11.7. The molecule has 0 radical (unpaired) electrons. The van der Waals surface area contributed by atoms with Crippen molar-refractivity contribution in [1.29, 1.82) is 0 Å². The van der Waals surface area contributed by atoms with Crippen LogP contribution in [-0.4, -0.2) is 71.9 Å². The van der Waals surface area contributed by atoms with E-state index in [1.165, 1.54) is 37.9 Å². The molecular formula is C18H32N6. The number of hydrogen-bond acceptors (Lipinski definition) is 3. The van der Waals surface area contributed by atoms with Crippen LogP contribution in [0.15, 0.2) is 17.4 Å². The quantitative estimate of drug-likeness (QED) is 0.671. The third-order valence-electron chi connectivity index (χ3n) is 5.35. The van der Waals surface area contributed by atoms with Gasteiger partial charge in [0.1, 0.15) is 0 Å². The summed E-state index contributed by atoms with van der Waals surface area (Å²) >= 11 is 0. The number of guanidine groups is 1. The highest BCUT2D eigenvalue weighted by atomic mass is 15.3. The molecule has 1 N–H and O–H groups in total. The van der Waals surface area contributed by atoms with Gasteiger partial charge in [0.2, 0.25) is 0 Å². The normalized spacial score (nSPS) is 26.1. The van der Waals surface area contributed by atoms with Crippen molar-refractivity contribution in [3.63, 3.8) is 0 Å². The van der Waals surface area contributed by atoms with E-state index >= 15 is 0 Å². The van der Waals surface area contributed by atoms with Gasteiger partial charge in [0.05, 0.1) is 6.20 Å². The van der Waals surface area contributed by atoms with Crippen LogP contribution >= 0.6 is 0 Å². The first-order valence-corrected chi connectivity index (χ1v) is 9.32. The number of aryl methyl sites for hydroxylation is 1. The fourth-order valence-electron chi connectivity index (χ4n) is 4.02. The van der Waals surface area contributed by atoms with Gasteiger partial charge in [-0.2, -0.15) is 5.10 Å². The summed E-state index contributed by atoms with van der Waals surface area (Å²) < 4.78 is 1.89. The highest BCUT2D eigenvalue weighted by molar-refractivity contribution is 5.80. The second-order valence-corrected chi connectivity index (χ2v) is 7.40. The lowest BCUT2D eigenvalue weighted by Gasteiger charge is -2.31. The van der Waals surface area contributed by atoms with Crippen LogP contribution < -0.4 is 5.32 Å². The SMILES string of the molecule is CN=C(NCCN1CCCC(C)C1)N1CCC(c2cnn(C)c2)C1. The topological polar surface area (TPSA) is 48.7 Å². The zero-order valence-electron chi connectivity index (χ0n) is 15.4. The van der Waals surface area contributed by atoms with E-state index in [1.54, 1.807) is 0 Å². The monoisotopic (exact) mass is 332 g/mol. The van der Waals surface area contributed by atoms with E-state index in [-0.39, 0.29) is 0 Å². The molecule has 0 amide bonds. The fraction of sp³-hybridized carbons (Fsp3) is 0.778. The molecule has 2 unspecified atom stereocenters. The highest BCUT2D eigenvalue weighted by Crippen LogP contribution is 2.26. The Morgan fingerprint density at radius 1 is 1.33 bits per heavy atom. The molecule has 6 nitrogen and oxygen atoms in total. The lowest BCUT2D eigenvalue weighted by atomic mass is 10.0. The van der Waals surface area contributed by atoms with Gasteiger partial charge < -0.3 is 15.1 Å². The Morgan fingerprint density at radius 3 is 2.92 bits per heavy atom. The molecule has 0 spiro atoms. The third-order valence-corrected chi connectivity index (χ3v) is 5.35. The van der Waals surface area contributed by atoms with Crippen LogP contribution in [0.4, 0.5) is 0 Å². The minimum absolute atomic E-state index is 0.570. The summed E-state index contributed by atoms with van der Waals surface area (Å²) in [6.45, 7) is 9.05. The molecule has 0 aromatic carbocycles. The first kappa shape index (κ1) is 17.3. The smallest absolute Gasteiger partial charge is 0.193 e. The summed E-state index contributed by atoms with van der Waals surface area (Å²) in [5, 5.41) is 7.87. The van der Waals surface area contributed by atoms with Crippen molar-refractivity contribution >= 4 is 5.96 Å². The Bertz CT molecular complexity index is 551. The summed E-state index contributed by atoms with van der Waals surface area (Å²) in [5.41, 5.74) is 1.35. The highest BCUT2D eigenvalue weighted by Gasteiger charge is 2.27. The molecular weight excluding hydrogens is 300 g/mol. The molecule has 2 fully saturated rings. The number of likely N-dealkylation sites (tertiary alicyclic amines) is 2. The molecule has 134 valence electrons. The Hall–Kier alpha value is -1.56. The maximum atomic E-state index is 4.49. The molecule has 3 heterocycles. The van der Waals surface area contributed by atoms with Gasteiger partial charge in [-0.25, -0.2) is 0 Å². The summed E-state index contributed by atoms with van der Waals surface area (Å²) in [7, 11) is 3.88. The Kier molecular flexibility index (Phi) is 5.76. The summed E-state index contributed by atoms with van der Waals surface area (Å²) in [5.74, 6) is 2.46. The van der Waals surface area contributed by atoms with Crippen molar-refractivity contribution in [2.24, 2.45) is 18.0 Å². The van der Waals surface area contributed by atoms with Crippen LogP contribution in [0.1, 0.15) is 37.7 Å². The summed E-state index contributed by atoms with van der Waals surface area (Å²) in [4.78, 5) is 9.46. The summed E-state index contributed by atoms with van der Waals surface area (Å²) in [6, 6.07) is 0. The van der Waals surface area contributed by atoms with Gasteiger partial charge in [-0.1, -0.05) is 6.92 Å². The van der Waals surface area contributed by atoms with E-state index < -0.39 is 0 Å². The van der Waals surface area contributed by atoms with Gasteiger partial charge in [-0.05, 0) is 37.3 Å². The lowest BCUT2D eigenvalue weighted by Crippen LogP contribution is -2.44. The van der Waals surface area contributed by atoms with E-state index in [0.717, 1.165) is 38.1 Å². The molecule has 2 aliphatic rings. The number of aliphatic imine (C=N–C) groups is 1. The molecule has 2 saturated heterocycles. The van der Waals surface area contributed by atoms with Crippen molar-refractivity contribution in [3.05, 3.63) is 18.0 Å². The van der Waals surface area contributed by atoms with E-state index in [2.05, 4.69) is 38.3 Å². The summed E-state index contributed by atoms with van der Waals surface area (Å²) in [6.07, 6.45) is 8.05. The molecule has 0 saturated carbocycles. The fourth-order valence-corrected chi connectivity index (χ4v) is 4.02. The Balaban J connectivity index is 1.45. The molecule has 2 atom stereocenters. The molecule has 0 aliphatic carbocycles. The number of nitrogens with zero attached hydrogens (tertiary/aromatic N) is 5. The van der Waals surface area contributed by atoms with Crippen molar-refractivity contribution in [2.45, 2.75) is 32.1 Å². The minimum Gasteiger partial charge on any atom is -0.355 e. The zero-order chi connectivity index (χ0) is 16.9. The molecule has 3 rings (SSSR count). The van der Waals surface area contributed by atoms with Gasteiger partial charge in [0.25, 0.3) is 0 Å². The molecule has 1 aromatic rings. The maximum Gasteiger partial charge on any atom is 0.193 e. The first-order valence-electron chi connectivity index (χ1n) is 9.32. The van der Waals surface area contributed by atoms with Crippen molar-refractivity contribution in [1.82, 2.24) is 24.9 Å². The minimum atomic E-state index is 0.570. The van der Waals surface area contributed by atoms with Crippen LogP contribution in [0.5, 0.6) is 0 Å². The van der Waals surface area contributed by atoms with Crippen LogP contribution in [0.3, 0.4) is 0 Å². The van der Waals surface area contributed by atoms with Gasteiger partial charge in [0.15, 0.2) is 5.96 Å². The Morgan fingerprint density at radius 2 is 2.21 bits per heavy atom. The second kappa shape index (κ2) is 8.01. The number of nitrogens with one attached hydrogen (secondary N) is 1. The average molecular weight is 332 g/mol. The maximum absolute atomic E-state index is 4.49. The third kappa shape index (κ3) is 4.29. The number of hydrogen-bond donors (Lipinski definition) is 1. The zero-order valence-corrected chi connectivity index (χ0v) is 15.4. The molecule has 2 aliphatic heterocycles. The average Bonchev–Trinajstić information content (AvgIpc) is 3.20. The predicted octanol–water partition coefficient (Wildman–Crippen LogP) is 1.52. The van der Waals surface area contributed by atoms with Crippen LogP contribution in [0.2, 0.25) is 0 Å². The lowest BCUT2D eigenvalue weighted by molar-refractivity contribution is 0.186. The van der Waals surface area contributed by atoms with Gasteiger partial charge in [0, 0.05) is 58.9 Å². The largest absolute Gasteiger partial charge is 0.355 e. The van der Waals surface area contributed by atoms with Crippen molar-refractivity contribution in [2.75, 3.05) is 46.3 Å². The second-order valence-electron chi connectivity index (χ2n) is 7.40. The van der Waals surface area contributed by atoms with E-state index in [1.807, 2.05) is 25.0 Å². The standard InChI is InChI=1S/C18H32N6/c1-15-5-4-8-23(12-15)10-7-20-18(19-2)24-9-6-16(14-24)17-11-21-22(3)13-17/h11,13,15-16H,4-10,12,14H2,1-3H3,(H,19,20). The molecule has 24 heavy (non-hydrogen) atoms. The van der Waals surface area contributed by atoms with Crippen LogP contribution in [0.25, 0.3) is 0 Å². The number of aromatic nitrogens is 2. The predicted molar refractivity (Wildman–Crippen MR) is 98.3 cm³/mol. The van der Waals surface area contributed by atoms with Gasteiger partial charge >= 0.3 is 0 Å². The Labute approximate surface area is 145 Å². The van der Waals surface area contributed by atoms with Gasteiger partial charge in [-0.3, -0.25) is 9.67 Å². The van der Waals surface area contributed by atoms with E-state index in [0.29, 0.717) is 5.92 Å². The van der Waals surface area contributed by atoms with Gasteiger partial charge in [-0.15, -0.1) is 0 Å². The van der Waals surface area contributed by atoms with E-state index in [4.69, 9.17) is 0 Å².